The molecule has 0 spiro atoms. The van der Waals surface area contributed by atoms with Crippen LogP contribution < -0.4 is 0 Å². The fraction of sp³-hybridized carbons (Fsp3) is 0.500. The van der Waals surface area contributed by atoms with Crippen LogP contribution in [0.15, 0.2) is 24.3 Å². The molecule has 106 valence electrons. The molecule has 2 unspecified atom stereocenters. The topological polar surface area (TPSA) is 50.2 Å². The maximum atomic E-state index is 11.8. The molecule has 20 heavy (non-hydrogen) atoms. The maximum Gasteiger partial charge on any atom is 0.310 e. The van der Waals surface area contributed by atoms with Gasteiger partial charge in [0.05, 0.1) is 20.6 Å². The molecule has 2 aromatic rings. The number of benzene rings is 1. The van der Waals surface area contributed by atoms with Gasteiger partial charge >= 0.3 is 5.97 Å². The van der Waals surface area contributed by atoms with Gasteiger partial charge in [0.1, 0.15) is 0 Å². The standard InChI is InChI=1S/C16H19NO2S/c1-11-5-4-8-16(9-11,15(18)19)10-14-17-12-6-2-3-7-13(12)20-14/h2-3,6-7,11H,4-5,8-10H2,1H3,(H,18,19). The van der Waals surface area contributed by atoms with Crippen molar-refractivity contribution in [2.24, 2.45) is 11.3 Å². The lowest BCUT2D eigenvalue weighted by Gasteiger charge is -2.35. The summed E-state index contributed by atoms with van der Waals surface area (Å²) < 4.78 is 1.15. The van der Waals surface area contributed by atoms with E-state index in [9.17, 15) is 9.90 Å². The van der Waals surface area contributed by atoms with E-state index >= 15 is 0 Å². The second-order valence-corrected chi connectivity index (χ2v) is 7.15. The largest absolute Gasteiger partial charge is 0.481 e. The predicted molar refractivity (Wildman–Crippen MR) is 81.0 cm³/mol. The Morgan fingerprint density at radius 1 is 1.50 bits per heavy atom. The normalized spacial score (nSPS) is 26.8. The van der Waals surface area contributed by atoms with E-state index in [0.717, 1.165) is 40.9 Å². The summed E-state index contributed by atoms with van der Waals surface area (Å²) in [4.78, 5) is 16.4. The molecule has 0 radical (unpaired) electrons. The number of aliphatic carboxylic acids is 1. The number of carboxylic acid groups (broad SMARTS) is 1. The van der Waals surface area contributed by atoms with Gasteiger partial charge in [0.15, 0.2) is 0 Å². The quantitative estimate of drug-likeness (QED) is 0.924. The SMILES string of the molecule is CC1CCCC(Cc2nc3ccccc3s2)(C(=O)O)C1. The molecule has 1 heterocycles. The number of para-hydroxylation sites is 1. The van der Waals surface area contributed by atoms with Gasteiger partial charge in [-0.3, -0.25) is 4.79 Å². The summed E-state index contributed by atoms with van der Waals surface area (Å²) in [6.45, 7) is 2.16. The summed E-state index contributed by atoms with van der Waals surface area (Å²) in [5.74, 6) is -0.155. The molecule has 1 saturated carbocycles. The van der Waals surface area contributed by atoms with Crippen molar-refractivity contribution in [3.05, 3.63) is 29.3 Å². The number of thiazole rings is 1. The first kappa shape index (κ1) is 13.6. The second-order valence-electron chi connectivity index (χ2n) is 6.04. The fourth-order valence-corrected chi connectivity index (χ4v) is 4.49. The van der Waals surface area contributed by atoms with Crippen LogP contribution in [0.3, 0.4) is 0 Å². The van der Waals surface area contributed by atoms with Crippen molar-refractivity contribution in [1.82, 2.24) is 4.98 Å². The van der Waals surface area contributed by atoms with E-state index in [0.29, 0.717) is 12.3 Å². The highest BCUT2D eigenvalue weighted by Gasteiger charge is 2.42. The van der Waals surface area contributed by atoms with Gasteiger partial charge in [-0.05, 0) is 30.9 Å². The highest BCUT2D eigenvalue weighted by atomic mass is 32.1. The van der Waals surface area contributed by atoms with Crippen LogP contribution in [-0.4, -0.2) is 16.1 Å². The van der Waals surface area contributed by atoms with Crippen LogP contribution in [0.2, 0.25) is 0 Å². The molecule has 2 atom stereocenters. The molecule has 0 amide bonds. The Morgan fingerprint density at radius 2 is 2.30 bits per heavy atom. The molecule has 1 aliphatic rings. The molecule has 1 N–H and O–H groups in total. The maximum absolute atomic E-state index is 11.8. The molecule has 0 aliphatic heterocycles. The molecule has 4 heteroatoms. The molecule has 1 aliphatic carbocycles. The van der Waals surface area contributed by atoms with Crippen LogP contribution in [0.4, 0.5) is 0 Å². The molecular weight excluding hydrogens is 270 g/mol. The molecule has 3 nitrogen and oxygen atoms in total. The first-order valence-corrected chi connectivity index (χ1v) is 7.99. The van der Waals surface area contributed by atoms with Crippen LogP contribution in [0.1, 0.15) is 37.6 Å². The Labute approximate surface area is 122 Å². The Bertz CT molecular complexity index is 603. The molecule has 1 aromatic carbocycles. The molecule has 1 fully saturated rings. The number of hydrogen-bond donors (Lipinski definition) is 1. The van der Waals surface area contributed by atoms with Gasteiger partial charge in [-0.15, -0.1) is 11.3 Å². The minimum Gasteiger partial charge on any atom is -0.481 e. The van der Waals surface area contributed by atoms with Crippen molar-refractivity contribution < 1.29 is 9.90 Å². The van der Waals surface area contributed by atoms with Crippen molar-refractivity contribution in [2.75, 3.05) is 0 Å². The van der Waals surface area contributed by atoms with Gasteiger partial charge in [-0.25, -0.2) is 4.98 Å². The number of hydrogen-bond acceptors (Lipinski definition) is 3. The lowest BCUT2D eigenvalue weighted by molar-refractivity contribution is -0.152. The third kappa shape index (κ3) is 2.44. The summed E-state index contributed by atoms with van der Waals surface area (Å²) in [5, 5.41) is 10.7. The minimum atomic E-state index is -0.650. The molecule has 0 bridgehead atoms. The summed E-state index contributed by atoms with van der Waals surface area (Å²) in [6.07, 6.45) is 4.29. The second kappa shape index (κ2) is 5.17. The molecular formula is C16H19NO2S. The van der Waals surface area contributed by atoms with Gasteiger partial charge in [-0.1, -0.05) is 31.9 Å². The summed E-state index contributed by atoms with van der Waals surface area (Å²) in [7, 11) is 0. The van der Waals surface area contributed by atoms with Crippen LogP contribution in [-0.2, 0) is 11.2 Å². The van der Waals surface area contributed by atoms with Gasteiger partial charge in [0.25, 0.3) is 0 Å². The van der Waals surface area contributed by atoms with Crippen molar-refractivity contribution >= 4 is 27.5 Å². The zero-order valence-corrected chi connectivity index (χ0v) is 12.4. The minimum absolute atomic E-state index is 0.495. The lowest BCUT2D eigenvalue weighted by Crippen LogP contribution is -2.37. The molecule has 3 rings (SSSR count). The van der Waals surface area contributed by atoms with Crippen molar-refractivity contribution in [1.29, 1.82) is 0 Å². The van der Waals surface area contributed by atoms with E-state index in [4.69, 9.17) is 0 Å². The fourth-order valence-electron chi connectivity index (χ4n) is 3.38. The Morgan fingerprint density at radius 3 is 3.00 bits per heavy atom. The van der Waals surface area contributed by atoms with Crippen molar-refractivity contribution in [3.8, 4) is 0 Å². The van der Waals surface area contributed by atoms with E-state index < -0.39 is 11.4 Å². The van der Waals surface area contributed by atoms with E-state index in [-0.39, 0.29) is 0 Å². The zero-order valence-electron chi connectivity index (χ0n) is 11.6. The Kier molecular flexibility index (Phi) is 3.50. The molecule has 0 saturated heterocycles. The van der Waals surface area contributed by atoms with E-state index in [1.54, 1.807) is 11.3 Å². The average molecular weight is 289 g/mol. The number of rotatable bonds is 3. The molecule has 1 aromatic heterocycles. The number of nitrogens with zero attached hydrogens (tertiary/aromatic N) is 1. The van der Waals surface area contributed by atoms with Gasteiger partial charge < -0.3 is 5.11 Å². The summed E-state index contributed by atoms with van der Waals surface area (Å²) in [5.41, 5.74) is 0.378. The average Bonchev–Trinajstić information content (AvgIpc) is 2.80. The van der Waals surface area contributed by atoms with Crippen LogP contribution in [0.25, 0.3) is 10.2 Å². The van der Waals surface area contributed by atoms with E-state index in [2.05, 4.69) is 11.9 Å². The first-order chi connectivity index (χ1) is 9.59. The number of carboxylic acids is 1. The number of aromatic nitrogens is 1. The lowest BCUT2D eigenvalue weighted by atomic mass is 9.68. The van der Waals surface area contributed by atoms with Gasteiger partial charge in [-0.2, -0.15) is 0 Å². The van der Waals surface area contributed by atoms with Crippen LogP contribution in [0.5, 0.6) is 0 Å². The van der Waals surface area contributed by atoms with Gasteiger partial charge in [0.2, 0.25) is 0 Å². The van der Waals surface area contributed by atoms with E-state index in [1.165, 1.54) is 0 Å². The first-order valence-electron chi connectivity index (χ1n) is 7.17. The highest BCUT2D eigenvalue weighted by Crippen LogP contribution is 2.43. The predicted octanol–water partition coefficient (Wildman–Crippen LogP) is 4.12. The highest BCUT2D eigenvalue weighted by molar-refractivity contribution is 7.18. The van der Waals surface area contributed by atoms with Crippen LogP contribution >= 0.6 is 11.3 Å². The Hall–Kier alpha value is -1.42. The number of carbonyl (C=O) groups is 1. The smallest absolute Gasteiger partial charge is 0.310 e. The van der Waals surface area contributed by atoms with Crippen LogP contribution in [0, 0.1) is 11.3 Å². The van der Waals surface area contributed by atoms with Crippen molar-refractivity contribution in [3.63, 3.8) is 0 Å². The summed E-state index contributed by atoms with van der Waals surface area (Å²) >= 11 is 1.63. The third-order valence-corrected chi connectivity index (χ3v) is 5.41. The Balaban J connectivity index is 1.91. The van der Waals surface area contributed by atoms with E-state index in [1.807, 2.05) is 24.3 Å². The summed E-state index contributed by atoms with van der Waals surface area (Å²) in [6, 6.07) is 8.02. The monoisotopic (exact) mass is 289 g/mol. The van der Waals surface area contributed by atoms with Crippen molar-refractivity contribution in [2.45, 2.75) is 39.0 Å². The third-order valence-electron chi connectivity index (χ3n) is 4.37. The van der Waals surface area contributed by atoms with Gasteiger partial charge in [0, 0.05) is 6.42 Å². The number of fused-ring (bicyclic) bond motifs is 1. The zero-order chi connectivity index (χ0) is 14.2.